The molecule has 13 heavy (non-hydrogen) atoms. The van der Waals surface area contributed by atoms with Gasteiger partial charge in [-0.1, -0.05) is 19.1 Å². The second-order valence-corrected chi connectivity index (χ2v) is 3.03. The minimum Gasteiger partial charge on any atom is -0.504 e. The summed E-state index contributed by atoms with van der Waals surface area (Å²) in [5.41, 5.74) is 0.907. The van der Waals surface area contributed by atoms with Gasteiger partial charge in [-0.3, -0.25) is 0 Å². The summed E-state index contributed by atoms with van der Waals surface area (Å²) in [6.45, 7) is 2.50. The van der Waals surface area contributed by atoms with Crippen LogP contribution in [0.4, 0.5) is 0 Å². The highest BCUT2D eigenvalue weighted by Gasteiger charge is 2.20. The van der Waals surface area contributed by atoms with Crippen LogP contribution in [-0.2, 0) is 11.3 Å². The smallest absolute Gasteiger partial charge is 0.200 e. The summed E-state index contributed by atoms with van der Waals surface area (Å²) in [5, 5.41) is 9.49. The van der Waals surface area contributed by atoms with Gasteiger partial charge in [0.25, 0.3) is 0 Å². The lowest BCUT2D eigenvalue weighted by Crippen LogP contribution is -2.24. The molecular weight excluding hydrogens is 168 g/mol. The Morgan fingerprint density at radius 2 is 2.38 bits per heavy atom. The van der Waals surface area contributed by atoms with Crippen LogP contribution in [0.2, 0.25) is 0 Å². The molecule has 1 N–H and O–H groups in total. The lowest BCUT2D eigenvalue weighted by Gasteiger charge is -2.25. The number of hydrogen-bond donors (Lipinski definition) is 1. The Morgan fingerprint density at radius 1 is 1.54 bits per heavy atom. The first kappa shape index (κ1) is 8.38. The lowest BCUT2D eigenvalue weighted by molar-refractivity contribution is -0.109. The third-order valence-corrected chi connectivity index (χ3v) is 2.08. The third-order valence-electron chi connectivity index (χ3n) is 2.08. The van der Waals surface area contributed by atoms with Crippen molar-refractivity contribution < 1.29 is 14.6 Å². The highest BCUT2D eigenvalue weighted by molar-refractivity contribution is 5.45. The summed E-state index contributed by atoms with van der Waals surface area (Å²) in [7, 11) is 0. The van der Waals surface area contributed by atoms with Gasteiger partial charge in [0.1, 0.15) is 0 Å². The number of benzene rings is 1. The highest BCUT2D eigenvalue weighted by atomic mass is 16.7. The van der Waals surface area contributed by atoms with E-state index in [1.165, 1.54) is 0 Å². The zero-order valence-corrected chi connectivity index (χ0v) is 7.49. The molecule has 1 aromatic carbocycles. The van der Waals surface area contributed by atoms with Gasteiger partial charge in [0.2, 0.25) is 0 Å². The topological polar surface area (TPSA) is 38.7 Å². The molecule has 0 aliphatic carbocycles. The van der Waals surface area contributed by atoms with E-state index in [2.05, 4.69) is 0 Å². The van der Waals surface area contributed by atoms with Gasteiger partial charge in [-0.2, -0.15) is 0 Å². The van der Waals surface area contributed by atoms with Crippen LogP contribution in [0.5, 0.6) is 11.5 Å². The molecule has 0 saturated heterocycles. The first-order chi connectivity index (χ1) is 6.31. The van der Waals surface area contributed by atoms with E-state index in [4.69, 9.17) is 9.47 Å². The van der Waals surface area contributed by atoms with Crippen molar-refractivity contribution in [1.29, 1.82) is 0 Å². The van der Waals surface area contributed by atoms with Crippen LogP contribution in [0.15, 0.2) is 18.2 Å². The predicted molar refractivity (Wildman–Crippen MR) is 47.6 cm³/mol. The van der Waals surface area contributed by atoms with Crippen molar-refractivity contribution in [2.45, 2.75) is 26.2 Å². The third kappa shape index (κ3) is 1.47. The van der Waals surface area contributed by atoms with Gasteiger partial charge in [0.05, 0.1) is 6.61 Å². The number of phenolic OH excluding ortho intramolecular Hbond substituents is 1. The summed E-state index contributed by atoms with van der Waals surface area (Å²) in [4.78, 5) is 0. The van der Waals surface area contributed by atoms with E-state index in [0.29, 0.717) is 12.4 Å². The van der Waals surface area contributed by atoms with E-state index in [9.17, 15) is 5.11 Å². The molecule has 1 aromatic rings. The summed E-state index contributed by atoms with van der Waals surface area (Å²) >= 11 is 0. The van der Waals surface area contributed by atoms with Crippen LogP contribution in [0.3, 0.4) is 0 Å². The highest BCUT2D eigenvalue weighted by Crippen LogP contribution is 2.34. The molecule has 2 rings (SSSR count). The van der Waals surface area contributed by atoms with Gasteiger partial charge in [-0.25, -0.2) is 0 Å². The molecule has 0 fully saturated rings. The Bertz CT molecular complexity index is 309. The normalized spacial score (nSPS) is 20.5. The molecule has 3 heteroatoms. The standard InChI is InChI=1S/C10H12O3/c1-2-9-12-6-7-4-3-5-8(11)10(7)13-9/h3-5,9,11H,2,6H2,1H3. The molecule has 1 unspecified atom stereocenters. The number of fused-ring (bicyclic) bond motifs is 1. The molecule has 0 amide bonds. The fourth-order valence-corrected chi connectivity index (χ4v) is 1.37. The van der Waals surface area contributed by atoms with E-state index in [-0.39, 0.29) is 12.0 Å². The monoisotopic (exact) mass is 180 g/mol. The summed E-state index contributed by atoms with van der Waals surface area (Å²) in [5.74, 6) is 0.764. The van der Waals surface area contributed by atoms with E-state index < -0.39 is 0 Å². The number of hydrogen-bond acceptors (Lipinski definition) is 3. The van der Waals surface area contributed by atoms with E-state index >= 15 is 0 Å². The number of para-hydroxylation sites is 1. The van der Waals surface area contributed by atoms with E-state index in [1.54, 1.807) is 12.1 Å². The van der Waals surface area contributed by atoms with Crippen LogP contribution in [0, 0.1) is 0 Å². The first-order valence-corrected chi connectivity index (χ1v) is 4.40. The van der Waals surface area contributed by atoms with Gasteiger partial charge in [-0.15, -0.1) is 0 Å². The van der Waals surface area contributed by atoms with Crippen molar-refractivity contribution >= 4 is 0 Å². The molecule has 0 spiro atoms. The van der Waals surface area contributed by atoms with Gasteiger partial charge < -0.3 is 14.6 Å². The van der Waals surface area contributed by atoms with Crippen LogP contribution in [-0.4, -0.2) is 11.4 Å². The summed E-state index contributed by atoms with van der Waals surface area (Å²) in [6, 6.07) is 5.30. The number of phenols is 1. The van der Waals surface area contributed by atoms with E-state index in [0.717, 1.165) is 12.0 Å². The van der Waals surface area contributed by atoms with Crippen LogP contribution in [0.1, 0.15) is 18.9 Å². The first-order valence-electron chi connectivity index (χ1n) is 4.40. The SMILES string of the molecule is CCC1OCc2cccc(O)c2O1. The van der Waals surface area contributed by atoms with Crippen molar-refractivity contribution in [3.8, 4) is 11.5 Å². The molecule has 1 aliphatic heterocycles. The van der Waals surface area contributed by atoms with Crippen molar-refractivity contribution in [2.24, 2.45) is 0 Å². The number of aromatic hydroxyl groups is 1. The Hall–Kier alpha value is -1.22. The molecular formula is C10H12O3. The maximum Gasteiger partial charge on any atom is 0.200 e. The van der Waals surface area contributed by atoms with Crippen molar-refractivity contribution in [1.82, 2.24) is 0 Å². The Balaban J connectivity index is 2.32. The molecule has 0 radical (unpaired) electrons. The maximum atomic E-state index is 9.49. The van der Waals surface area contributed by atoms with Gasteiger partial charge >= 0.3 is 0 Å². The average Bonchev–Trinajstić information content (AvgIpc) is 2.18. The minimum atomic E-state index is -0.221. The fraction of sp³-hybridized carbons (Fsp3) is 0.400. The van der Waals surface area contributed by atoms with Gasteiger partial charge in [0, 0.05) is 12.0 Å². The molecule has 1 atom stereocenters. The average molecular weight is 180 g/mol. The van der Waals surface area contributed by atoms with Crippen molar-refractivity contribution in [2.75, 3.05) is 0 Å². The Labute approximate surface area is 76.9 Å². The summed E-state index contributed by atoms with van der Waals surface area (Å²) < 4.78 is 10.8. The number of ether oxygens (including phenoxy) is 2. The van der Waals surface area contributed by atoms with Crippen LogP contribution in [0.25, 0.3) is 0 Å². The molecule has 0 aromatic heterocycles. The van der Waals surface area contributed by atoms with Crippen molar-refractivity contribution in [3.05, 3.63) is 23.8 Å². The molecule has 1 heterocycles. The Kier molecular flexibility index (Phi) is 2.10. The van der Waals surface area contributed by atoms with E-state index in [1.807, 2.05) is 13.0 Å². The quantitative estimate of drug-likeness (QED) is 0.718. The molecule has 0 bridgehead atoms. The fourth-order valence-electron chi connectivity index (χ4n) is 1.37. The predicted octanol–water partition coefficient (Wildman–Crippen LogP) is 2.04. The zero-order chi connectivity index (χ0) is 9.26. The second-order valence-electron chi connectivity index (χ2n) is 3.03. The molecule has 0 saturated carbocycles. The van der Waals surface area contributed by atoms with Crippen LogP contribution >= 0.6 is 0 Å². The molecule has 1 aliphatic rings. The van der Waals surface area contributed by atoms with Crippen LogP contribution < -0.4 is 4.74 Å². The van der Waals surface area contributed by atoms with Gasteiger partial charge in [0.15, 0.2) is 17.8 Å². The molecule has 3 nitrogen and oxygen atoms in total. The molecule has 70 valence electrons. The number of rotatable bonds is 1. The zero-order valence-electron chi connectivity index (χ0n) is 7.49. The van der Waals surface area contributed by atoms with Gasteiger partial charge in [-0.05, 0) is 6.07 Å². The van der Waals surface area contributed by atoms with Crippen molar-refractivity contribution in [3.63, 3.8) is 0 Å². The second kappa shape index (κ2) is 3.26. The maximum absolute atomic E-state index is 9.49. The Morgan fingerprint density at radius 3 is 3.15 bits per heavy atom. The summed E-state index contributed by atoms with van der Waals surface area (Å²) in [6.07, 6.45) is 0.564. The lowest BCUT2D eigenvalue weighted by atomic mass is 10.2. The largest absolute Gasteiger partial charge is 0.504 e. The minimum absolute atomic E-state index is 0.194.